The van der Waals surface area contributed by atoms with Crippen LogP contribution < -0.4 is 10.6 Å². The van der Waals surface area contributed by atoms with Crippen molar-refractivity contribution in [3.8, 4) is 0 Å². The van der Waals surface area contributed by atoms with Crippen LogP contribution in [0, 0.1) is 0 Å². The predicted octanol–water partition coefficient (Wildman–Crippen LogP) is 3.21. The maximum Gasteiger partial charge on any atom is 0.253 e. The summed E-state index contributed by atoms with van der Waals surface area (Å²) >= 11 is 6.14. The molecule has 1 saturated heterocycles. The van der Waals surface area contributed by atoms with Crippen molar-refractivity contribution in [2.75, 3.05) is 13.1 Å². The highest BCUT2D eigenvalue weighted by molar-refractivity contribution is 6.36. The lowest BCUT2D eigenvalue weighted by Crippen LogP contribution is -2.45. The normalized spacial score (nSPS) is 17.2. The van der Waals surface area contributed by atoms with Gasteiger partial charge in [-0.25, -0.2) is 0 Å². The molecule has 1 aliphatic heterocycles. The van der Waals surface area contributed by atoms with Crippen molar-refractivity contribution in [1.82, 2.24) is 15.6 Å². The molecule has 4 nitrogen and oxygen atoms in total. The third-order valence-electron chi connectivity index (χ3n) is 3.59. The highest BCUT2D eigenvalue weighted by atomic mass is 35.5. The number of rotatable bonds is 2. The fourth-order valence-corrected chi connectivity index (χ4v) is 2.77. The number of carbonyl (C=O) groups excluding carboxylic acids is 1. The predicted molar refractivity (Wildman–Crippen MR) is 94.6 cm³/mol. The highest BCUT2D eigenvalue weighted by Gasteiger charge is 2.18. The number of nitrogens with zero attached hydrogens (tertiary/aromatic N) is 1. The van der Waals surface area contributed by atoms with E-state index in [0.29, 0.717) is 16.1 Å². The molecule has 2 N–H and O–H groups in total. The van der Waals surface area contributed by atoms with Crippen molar-refractivity contribution >= 4 is 53.2 Å². The number of piperidine rings is 1. The second-order valence-electron chi connectivity index (χ2n) is 5.01. The number of pyridine rings is 1. The molecule has 0 bridgehead atoms. The van der Waals surface area contributed by atoms with Gasteiger partial charge in [-0.2, -0.15) is 0 Å². The van der Waals surface area contributed by atoms with Crippen LogP contribution in [0.25, 0.3) is 10.9 Å². The molecule has 1 atom stereocenters. The van der Waals surface area contributed by atoms with E-state index in [9.17, 15) is 4.79 Å². The molecular formula is C15H18Cl3N3O. The van der Waals surface area contributed by atoms with E-state index >= 15 is 0 Å². The number of halogens is 3. The van der Waals surface area contributed by atoms with Crippen LogP contribution in [0.5, 0.6) is 0 Å². The summed E-state index contributed by atoms with van der Waals surface area (Å²) in [6.07, 6.45) is 3.78. The maximum atomic E-state index is 12.4. The third-order valence-corrected chi connectivity index (χ3v) is 3.92. The number of benzene rings is 1. The Morgan fingerprint density at radius 3 is 2.86 bits per heavy atom. The highest BCUT2D eigenvalue weighted by Crippen LogP contribution is 2.24. The molecule has 0 radical (unpaired) electrons. The smallest absolute Gasteiger partial charge is 0.253 e. The third kappa shape index (κ3) is 4.02. The van der Waals surface area contributed by atoms with Crippen LogP contribution in [-0.4, -0.2) is 30.0 Å². The summed E-state index contributed by atoms with van der Waals surface area (Å²) in [5.41, 5.74) is 1.23. The molecule has 1 aromatic heterocycles. The van der Waals surface area contributed by atoms with Gasteiger partial charge in [-0.3, -0.25) is 9.78 Å². The maximum absolute atomic E-state index is 12.4. The minimum Gasteiger partial charge on any atom is -0.348 e. The van der Waals surface area contributed by atoms with E-state index in [1.807, 2.05) is 12.1 Å². The quantitative estimate of drug-likeness (QED) is 0.862. The van der Waals surface area contributed by atoms with Gasteiger partial charge in [-0.15, -0.1) is 24.8 Å². The number of nitrogens with one attached hydrogen (secondary N) is 2. The minimum absolute atomic E-state index is 0. The SMILES string of the molecule is Cl.Cl.O=C(NC1CCCNC1)c1ccc(Cl)c2cccnc12. The van der Waals surface area contributed by atoms with Gasteiger partial charge in [0, 0.05) is 24.2 Å². The van der Waals surface area contributed by atoms with E-state index in [1.54, 1.807) is 18.3 Å². The summed E-state index contributed by atoms with van der Waals surface area (Å²) in [6, 6.07) is 7.37. The van der Waals surface area contributed by atoms with Crippen LogP contribution in [0.15, 0.2) is 30.5 Å². The fourth-order valence-electron chi connectivity index (χ4n) is 2.56. The van der Waals surface area contributed by atoms with E-state index in [1.165, 1.54) is 0 Å². The number of aromatic nitrogens is 1. The van der Waals surface area contributed by atoms with Gasteiger partial charge < -0.3 is 10.6 Å². The van der Waals surface area contributed by atoms with Gasteiger partial charge in [0.25, 0.3) is 5.91 Å². The lowest BCUT2D eigenvalue weighted by atomic mass is 10.1. The standard InChI is InChI=1S/C15H16ClN3O.2ClH/c16-13-6-5-12(14-11(13)4-2-8-18-14)15(20)19-10-3-1-7-17-9-10;;/h2,4-6,8,10,17H,1,3,7,9H2,(H,19,20);2*1H. The van der Waals surface area contributed by atoms with Crippen molar-refractivity contribution in [2.24, 2.45) is 0 Å². The molecule has 1 aliphatic rings. The van der Waals surface area contributed by atoms with Crippen molar-refractivity contribution < 1.29 is 4.79 Å². The number of carbonyl (C=O) groups is 1. The average molecular weight is 363 g/mol. The zero-order chi connectivity index (χ0) is 13.9. The Kier molecular flexibility index (Phi) is 7.36. The van der Waals surface area contributed by atoms with E-state index < -0.39 is 0 Å². The van der Waals surface area contributed by atoms with Crippen molar-refractivity contribution in [2.45, 2.75) is 18.9 Å². The van der Waals surface area contributed by atoms with E-state index in [-0.39, 0.29) is 36.8 Å². The van der Waals surface area contributed by atoms with Crippen LogP contribution >= 0.6 is 36.4 Å². The Bertz CT molecular complexity index is 645. The Balaban J connectivity index is 0.00000121. The summed E-state index contributed by atoms with van der Waals surface area (Å²) in [6.45, 7) is 1.85. The molecule has 0 aliphatic carbocycles. The number of hydrogen-bond donors (Lipinski definition) is 2. The van der Waals surface area contributed by atoms with Crippen molar-refractivity contribution in [1.29, 1.82) is 0 Å². The Labute approximate surface area is 146 Å². The summed E-state index contributed by atoms with van der Waals surface area (Å²) in [7, 11) is 0. The molecule has 2 aromatic rings. The molecule has 120 valence electrons. The van der Waals surface area contributed by atoms with Crippen molar-refractivity contribution in [3.05, 3.63) is 41.0 Å². The summed E-state index contributed by atoms with van der Waals surface area (Å²) in [4.78, 5) is 16.7. The van der Waals surface area contributed by atoms with Crippen LogP contribution in [0.3, 0.4) is 0 Å². The van der Waals surface area contributed by atoms with Gasteiger partial charge in [0.1, 0.15) is 0 Å². The molecule has 3 rings (SSSR count). The van der Waals surface area contributed by atoms with E-state index in [4.69, 9.17) is 11.6 Å². The van der Waals surface area contributed by atoms with Crippen LogP contribution in [-0.2, 0) is 0 Å². The molecule has 1 unspecified atom stereocenters. The van der Waals surface area contributed by atoms with E-state index in [0.717, 1.165) is 31.3 Å². The fraction of sp³-hybridized carbons (Fsp3) is 0.333. The molecule has 1 amide bonds. The second kappa shape index (κ2) is 8.53. The van der Waals surface area contributed by atoms with Gasteiger partial charge in [0.2, 0.25) is 0 Å². The Morgan fingerprint density at radius 1 is 1.32 bits per heavy atom. The molecule has 2 heterocycles. The van der Waals surface area contributed by atoms with Gasteiger partial charge in [-0.05, 0) is 43.7 Å². The van der Waals surface area contributed by atoms with Gasteiger partial charge in [-0.1, -0.05) is 11.6 Å². The lowest BCUT2D eigenvalue weighted by Gasteiger charge is -2.24. The zero-order valence-corrected chi connectivity index (χ0v) is 14.2. The van der Waals surface area contributed by atoms with E-state index in [2.05, 4.69) is 15.6 Å². The van der Waals surface area contributed by atoms with Gasteiger partial charge >= 0.3 is 0 Å². The molecule has 22 heavy (non-hydrogen) atoms. The first-order valence-electron chi connectivity index (χ1n) is 6.80. The summed E-state index contributed by atoms with van der Waals surface area (Å²) in [5, 5.41) is 7.77. The molecule has 7 heteroatoms. The van der Waals surface area contributed by atoms with Crippen LogP contribution in [0.4, 0.5) is 0 Å². The van der Waals surface area contributed by atoms with Gasteiger partial charge in [0.15, 0.2) is 0 Å². The zero-order valence-electron chi connectivity index (χ0n) is 11.8. The molecule has 1 aromatic carbocycles. The second-order valence-corrected chi connectivity index (χ2v) is 5.42. The Hall–Kier alpha value is -1.07. The van der Waals surface area contributed by atoms with Gasteiger partial charge in [0.05, 0.1) is 16.1 Å². The molecule has 0 saturated carbocycles. The topological polar surface area (TPSA) is 54.0 Å². The number of fused-ring (bicyclic) bond motifs is 1. The number of amides is 1. The molecule has 1 fully saturated rings. The summed E-state index contributed by atoms with van der Waals surface area (Å²) < 4.78 is 0. The first kappa shape index (κ1) is 19.0. The Morgan fingerprint density at radius 2 is 2.14 bits per heavy atom. The minimum atomic E-state index is -0.0842. The number of hydrogen-bond acceptors (Lipinski definition) is 3. The van der Waals surface area contributed by atoms with Crippen LogP contribution in [0.1, 0.15) is 23.2 Å². The largest absolute Gasteiger partial charge is 0.348 e. The average Bonchev–Trinajstić information content (AvgIpc) is 2.49. The summed E-state index contributed by atoms with van der Waals surface area (Å²) in [5.74, 6) is -0.0842. The molecule has 0 spiro atoms. The lowest BCUT2D eigenvalue weighted by molar-refractivity contribution is 0.0932. The first-order valence-corrected chi connectivity index (χ1v) is 7.18. The monoisotopic (exact) mass is 361 g/mol. The van der Waals surface area contributed by atoms with Crippen molar-refractivity contribution in [3.63, 3.8) is 0 Å². The first-order chi connectivity index (χ1) is 9.75. The molecular weight excluding hydrogens is 345 g/mol. The van der Waals surface area contributed by atoms with Crippen LogP contribution in [0.2, 0.25) is 5.02 Å².